The molecule has 0 unspecified atom stereocenters. The van der Waals surface area contributed by atoms with Crippen LogP contribution in [-0.4, -0.2) is 64.9 Å². The van der Waals surface area contributed by atoms with Crippen LogP contribution in [-0.2, 0) is 19.1 Å². The molecule has 154 valence electrons. The predicted octanol–water partition coefficient (Wildman–Crippen LogP) is 1.62. The molecule has 2 N–H and O–H groups in total. The zero-order valence-electron chi connectivity index (χ0n) is 17.1. The molecule has 2 amide bonds. The minimum Gasteiger partial charge on any atom is -0.467 e. The van der Waals surface area contributed by atoms with Gasteiger partial charge in [0, 0.05) is 12.3 Å². The van der Waals surface area contributed by atoms with Crippen molar-refractivity contribution in [3.05, 3.63) is 12.7 Å². The van der Waals surface area contributed by atoms with Gasteiger partial charge in [0.15, 0.2) is 0 Å². The Morgan fingerprint density at radius 1 is 1.30 bits per heavy atom. The van der Waals surface area contributed by atoms with Gasteiger partial charge in [-0.25, -0.2) is 9.59 Å². The summed E-state index contributed by atoms with van der Waals surface area (Å²) in [6.45, 7) is 12.8. The number of nitrogens with zero attached hydrogens (tertiary/aromatic N) is 1. The number of β-amino-alcohol motifs (C(OH)–C–C–N with tert-alkyl or cyclic N) is 1. The van der Waals surface area contributed by atoms with Crippen LogP contribution in [0, 0.1) is 5.92 Å². The fourth-order valence-electron chi connectivity index (χ4n) is 3.07. The average molecular weight is 384 g/mol. The Bertz CT molecular complexity index is 585. The van der Waals surface area contributed by atoms with E-state index in [1.54, 1.807) is 26.8 Å². The molecule has 1 saturated heterocycles. The van der Waals surface area contributed by atoms with E-state index in [2.05, 4.69) is 11.9 Å². The molecule has 1 heterocycles. The lowest BCUT2D eigenvalue weighted by molar-refractivity contribution is -0.147. The number of methoxy groups -OCH3 is 1. The van der Waals surface area contributed by atoms with E-state index in [9.17, 15) is 19.5 Å². The van der Waals surface area contributed by atoms with E-state index in [0.29, 0.717) is 6.42 Å². The van der Waals surface area contributed by atoms with Gasteiger partial charge in [-0.05, 0) is 27.2 Å². The number of hydrogen-bond donors (Lipinski definition) is 2. The van der Waals surface area contributed by atoms with Crippen LogP contribution in [0.5, 0.6) is 0 Å². The number of esters is 1. The van der Waals surface area contributed by atoms with Crippen LogP contribution in [0.1, 0.15) is 47.5 Å². The molecule has 2 fully saturated rings. The predicted molar refractivity (Wildman–Crippen MR) is 99.9 cm³/mol. The molecular weight excluding hydrogens is 352 g/mol. The second-order valence-electron chi connectivity index (χ2n) is 7.54. The third-order valence-corrected chi connectivity index (χ3v) is 4.40. The molecule has 2 rings (SSSR count). The van der Waals surface area contributed by atoms with Crippen LogP contribution in [0.2, 0.25) is 0 Å². The molecule has 0 aromatic rings. The molecule has 1 aliphatic carbocycles. The van der Waals surface area contributed by atoms with Gasteiger partial charge in [-0.2, -0.15) is 0 Å². The second kappa shape index (κ2) is 8.73. The van der Waals surface area contributed by atoms with Gasteiger partial charge in [-0.1, -0.05) is 19.9 Å². The quantitative estimate of drug-likeness (QED) is 0.564. The van der Waals surface area contributed by atoms with Crippen molar-refractivity contribution in [2.75, 3.05) is 13.7 Å². The lowest BCUT2D eigenvalue weighted by Gasteiger charge is -2.28. The number of carbonyl (C=O) groups excluding carboxylic acids is 3. The fraction of sp³-hybridized carbons (Fsp3) is 0.737. The van der Waals surface area contributed by atoms with Crippen LogP contribution in [0.3, 0.4) is 0 Å². The van der Waals surface area contributed by atoms with E-state index >= 15 is 0 Å². The van der Waals surface area contributed by atoms with Crippen LogP contribution < -0.4 is 5.32 Å². The highest BCUT2D eigenvalue weighted by Crippen LogP contribution is 2.45. The van der Waals surface area contributed by atoms with Gasteiger partial charge in [0.05, 0.1) is 19.8 Å². The van der Waals surface area contributed by atoms with E-state index in [1.807, 2.05) is 13.8 Å². The Morgan fingerprint density at radius 3 is 2.33 bits per heavy atom. The van der Waals surface area contributed by atoms with Crippen molar-refractivity contribution in [3.8, 4) is 0 Å². The van der Waals surface area contributed by atoms with E-state index in [4.69, 9.17) is 9.47 Å². The van der Waals surface area contributed by atoms with Crippen molar-refractivity contribution in [1.29, 1.82) is 0 Å². The third-order valence-electron chi connectivity index (χ3n) is 4.40. The van der Waals surface area contributed by atoms with Crippen molar-refractivity contribution in [2.24, 2.45) is 5.92 Å². The molecule has 0 spiro atoms. The largest absolute Gasteiger partial charge is 0.467 e. The first-order valence-corrected chi connectivity index (χ1v) is 9.24. The summed E-state index contributed by atoms with van der Waals surface area (Å²) in [5, 5.41) is 12.6. The lowest BCUT2D eigenvalue weighted by Crippen LogP contribution is -2.53. The molecule has 27 heavy (non-hydrogen) atoms. The van der Waals surface area contributed by atoms with Crippen LogP contribution in [0.4, 0.5) is 4.79 Å². The smallest absolute Gasteiger partial charge is 0.411 e. The first-order chi connectivity index (χ1) is 12.5. The normalized spacial score (nSPS) is 29.1. The third kappa shape index (κ3) is 5.22. The zero-order chi connectivity index (χ0) is 21.0. The molecule has 1 aliphatic heterocycles. The number of likely N-dealkylation sites (tertiary alicyclic amines) is 1. The number of aliphatic hydroxyl groups excluding tert-OH is 1. The van der Waals surface area contributed by atoms with Crippen LogP contribution in [0.15, 0.2) is 12.7 Å². The molecule has 0 aromatic heterocycles. The lowest BCUT2D eigenvalue weighted by atomic mass is 10.1. The first-order valence-electron chi connectivity index (χ1n) is 9.24. The highest BCUT2D eigenvalue weighted by molar-refractivity contribution is 5.94. The van der Waals surface area contributed by atoms with Crippen molar-refractivity contribution in [3.63, 3.8) is 0 Å². The van der Waals surface area contributed by atoms with Crippen molar-refractivity contribution in [2.45, 2.75) is 70.7 Å². The summed E-state index contributed by atoms with van der Waals surface area (Å²) >= 11 is 0. The van der Waals surface area contributed by atoms with Crippen LogP contribution in [0.25, 0.3) is 0 Å². The molecule has 1 saturated carbocycles. The number of aliphatic hydroxyl groups is 1. The molecule has 8 nitrogen and oxygen atoms in total. The van der Waals surface area contributed by atoms with Gasteiger partial charge in [0.1, 0.15) is 17.2 Å². The first kappa shape index (κ1) is 23.0. The van der Waals surface area contributed by atoms with E-state index in [-0.39, 0.29) is 18.9 Å². The molecule has 4 atom stereocenters. The Hall–Kier alpha value is -2.09. The highest BCUT2D eigenvalue weighted by Gasteiger charge is 2.61. The van der Waals surface area contributed by atoms with Crippen LogP contribution >= 0.6 is 0 Å². The second-order valence-corrected chi connectivity index (χ2v) is 7.54. The molecule has 0 aromatic carbocycles. The highest BCUT2D eigenvalue weighted by atomic mass is 16.6. The summed E-state index contributed by atoms with van der Waals surface area (Å²) in [5.74, 6) is -1.28. The molecule has 8 heteroatoms. The van der Waals surface area contributed by atoms with Gasteiger partial charge in [0.25, 0.3) is 0 Å². The number of nitrogens with one attached hydrogen (secondary N) is 1. The standard InChI is InChI=1S/C17H26N2O6.C2H6/c1-6-10-8-17(10,14(22)24-5)18-13(21)12-7-11(20)9-19(12)15(23)25-16(2,3)4;1-2/h6,10-12,20H,1,7-9H2,2-5H3,(H,18,21);1-2H3/t10-,11+,12+,17-;/m1./s1. The summed E-state index contributed by atoms with van der Waals surface area (Å²) in [6, 6.07) is -0.905. The topological polar surface area (TPSA) is 105 Å². The summed E-state index contributed by atoms with van der Waals surface area (Å²) in [6.07, 6.45) is 0.573. The number of carbonyl (C=O) groups is 3. The zero-order valence-corrected chi connectivity index (χ0v) is 17.1. The molecular formula is C19H32N2O6. The van der Waals surface area contributed by atoms with E-state index in [1.165, 1.54) is 12.0 Å². The molecule has 0 bridgehead atoms. The van der Waals surface area contributed by atoms with E-state index in [0.717, 1.165) is 0 Å². The number of rotatable bonds is 4. The summed E-state index contributed by atoms with van der Waals surface area (Å²) in [5.41, 5.74) is -1.86. The van der Waals surface area contributed by atoms with Gasteiger partial charge < -0.3 is 19.9 Å². The number of hydrogen-bond acceptors (Lipinski definition) is 6. The summed E-state index contributed by atoms with van der Waals surface area (Å²) in [4.78, 5) is 38.3. The number of amides is 2. The van der Waals surface area contributed by atoms with Gasteiger partial charge in [-0.3, -0.25) is 9.69 Å². The Labute approximate surface area is 160 Å². The minimum atomic E-state index is -1.14. The van der Waals surface area contributed by atoms with Crippen molar-refractivity contribution in [1.82, 2.24) is 10.2 Å². The molecule has 0 radical (unpaired) electrons. The van der Waals surface area contributed by atoms with E-state index < -0.39 is 41.3 Å². The van der Waals surface area contributed by atoms with Crippen molar-refractivity contribution < 1.29 is 29.0 Å². The maximum absolute atomic E-state index is 12.7. The average Bonchev–Trinajstić information content (AvgIpc) is 3.17. The minimum absolute atomic E-state index is 0.00309. The fourth-order valence-corrected chi connectivity index (χ4v) is 3.07. The SMILES string of the molecule is C=C[C@@H]1C[C@]1(NC(=O)[C@@H]1C[C@H](O)CN1C(=O)OC(C)(C)C)C(=O)OC.CC. The van der Waals surface area contributed by atoms with Gasteiger partial charge >= 0.3 is 12.1 Å². The van der Waals surface area contributed by atoms with Gasteiger partial charge in [-0.15, -0.1) is 6.58 Å². The maximum atomic E-state index is 12.7. The monoisotopic (exact) mass is 384 g/mol. The Kier molecular flexibility index (Phi) is 7.42. The summed E-state index contributed by atoms with van der Waals surface area (Å²) in [7, 11) is 1.25. The Balaban J connectivity index is 0.00000176. The summed E-state index contributed by atoms with van der Waals surface area (Å²) < 4.78 is 10.1. The van der Waals surface area contributed by atoms with Gasteiger partial charge in [0.2, 0.25) is 5.91 Å². The number of ether oxygens (including phenoxy) is 2. The maximum Gasteiger partial charge on any atom is 0.411 e. The van der Waals surface area contributed by atoms with Crippen molar-refractivity contribution >= 4 is 18.0 Å². The molecule has 2 aliphatic rings. The Morgan fingerprint density at radius 2 is 1.89 bits per heavy atom.